The van der Waals surface area contributed by atoms with Gasteiger partial charge in [-0.15, -0.1) is 0 Å². The van der Waals surface area contributed by atoms with Crippen LogP contribution in [-0.4, -0.2) is 75.5 Å². The fraction of sp³-hybridized carbons (Fsp3) is 0.703. The smallest absolute Gasteiger partial charge is 0.306 e. The van der Waals surface area contributed by atoms with Crippen molar-refractivity contribution < 1.29 is 38.2 Å². The standard InChI is InChI=1S/C37H63NO7/c1-6-8-10-12-14-16-17-18-20-22-24-26-28-36(40)45-33(31-43-30-29-34(37(41)42)38(3,4)5)32-44-35(39)27-25-23-21-19-15-13-11-9-7-2/h8-11,14-16,19,33-34H,6-7,12-13,17-18,20-32H2,1-5H3/b10-8+,11-9+,16-14+,19-15+. The van der Waals surface area contributed by atoms with E-state index in [-0.39, 0.29) is 42.7 Å². The molecule has 0 bridgehead atoms. The molecular weight excluding hydrogens is 570 g/mol. The molecule has 0 amide bonds. The van der Waals surface area contributed by atoms with Gasteiger partial charge in [0.15, 0.2) is 6.10 Å². The molecule has 0 aromatic carbocycles. The molecule has 8 heteroatoms. The molecule has 0 aliphatic rings. The highest BCUT2D eigenvalue weighted by Crippen LogP contribution is 2.11. The summed E-state index contributed by atoms with van der Waals surface area (Å²) in [6, 6.07) is -0.731. The molecule has 0 N–H and O–H groups in total. The van der Waals surface area contributed by atoms with Crippen molar-refractivity contribution in [3.8, 4) is 0 Å². The van der Waals surface area contributed by atoms with E-state index in [1.54, 1.807) is 21.1 Å². The van der Waals surface area contributed by atoms with Crippen LogP contribution in [0.3, 0.4) is 0 Å². The van der Waals surface area contributed by atoms with Gasteiger partial charge in [0.1, 0.15) is 12.6 Å². The summed E-state index contributed by atoms with van der Waals surface area (Å²) in [5, 5.41) is 11.5. The number of carboxylic acid groups (broad SMARTS) is 1. The van der Waals surface area contributed by atoms with E-state index in [0.29, 0.717) is 12.8 Å². The SMILES string of the molecule is CC/C=C/C/C=C/CCCCCCCC(=O)OC(COCCC(C(=O)[O-])[N+](C)(C)C)COC(=O)CCCC/C=C/C/C=C/CC. The van der Waals surface area contributed by atoms with Crippen LogP contribution >= 0.6 is 0 Å². The van der Waals surface area contributed by atoms with Crippen molar-refractivity contribution in [1.82, 2.24) is 0 Å². The highest BCUT2D eigenvalue weighted by Gasteiger charge is 2.25. The summed E-state index contributed by atoms with van der Waals surface area (Å²) in [4.78, 5) is 36.4. The lowest BCUT2D eigenvalue weighted by Gasteiger charge is -2.34. The van der Waals surface area contributed by atoms with Gasteiger partial charge in [0.2, 0.25) is 0 Å². The number of esters is 2. The first-order valence-electron chi connectivity index (χ1n) is 17.2. The number of carboxylic acids is 1. The number of ether oxygens (including phenoxy) is 3. The number of rotatable bonds is 29. The van der Waals surface area contributed by atoms with E-state index in [1.165, 1.54) is 0 Å². The summed E-state index contributed by atoms with van der Waals surface area (Å²) in [6.07, 6.45) is 30.1. The first-order valence-corrected chi connectivity index (χ1v) is 17.2. The van der Waals surface area contributed by atoms with Crippen LogP contribution in [0.5, 0.6) is 0 Å². The molecular formula is C37H63NO7. The van der Waals surface area contributed by atoms with Crippen molar-refractivity contribution in [2.75, 3.05) is 41.0 Å². The van der Waals surface area contributed by atoms with Crippen LogP contribution in [0.1, 0.15) is 117 Å². The normalized spacial score (nSPS) is 13.7. The van der Waals surface area contributed by atoms with Crippen LogP contribution in [0.4, 0.5) is 0 Å². The van der Waals surface area contributed by atoms with E-state index in [1.807, 2.05) is 0 Å². The number of hydrogen-bond donors (Lipinski definition) is 0. The van der Waals surface area contributed by atoms with Gasteiger partial charge < -0.3 is 28.6 Å². The molecule has 0 spiro atoms. The van der Waals surface area contributed by atoms with Crippen molar-refractivity contribution in [2.24, 2.45) is 0 Å². The Hall–Kier alpha value is -2.71. The number of allylic oxidation sites excluding steroid dienone is 8. The zero-order chi connectivity index (χ0) is 33.6. The van der Waals surface area contributed by atoms with Crippen molar-refractivity contribution in [3.63, 3.8) is 0 Å². The van der Waals surface area contributed by atoms with Crippen LogP contribution in [0.25, 0.3) is 0 Å². The van der Waals surface area contributed by atoms with Crippen molar-refractivity contribution in [2.45, 2.75) is 129 Å². The molecule has 0 saturated carbocycles. The summed E-state index contributed by atoms with van der Waals surface area (Å²) in [7, 11) is 5.36. The highest BCUT2D eigenvalue weighted by molar-refractivity contribution is 5.70. The van der Waals surface area contributed by atoms with Gasteiger partial charge in [0, 0.05) is 19.3 Å². The van der Waals surface area contributed by atoms with E-state index in [9.17, 15) is 19.5 Å². The molecule has 45 heavy (non-hydrogen) atoms. The van der Waals surface area contributed by atoms with E-state index >= 15 is 0 Å². The predicted molar refractivity (Wildman–Crippen MR) is 180 cm³/mol. The number of quaternary nitrogens is 1. The minimum absolute atomic E-state index is 0.0228. The van der Waals surface area contributed by atoms with E-state index in [2.05, 4.69) is 62.5 Å². The van der Waals surface area contributed by atoms with Crippen LogP contribution in [0.2, 0.25) is 0 Å². The molecule has 0 saturated heterocycles. The third-order valence-corrected chi connectivity index (χ3v) is 7.21. The largest absolute Gasteiger partial charge is 0.544 e. The third kappa shape index (κ3) is 27.3. The summed E-state index contributed by atoms with van der Waals surface area (Å²) in [5.74, 6) is -1.81. The Morgan fingerprint density at radius 1 is 0.667 bits per heavy atom. The van der Waals surface area contributed by atoms with Crippen LogP contribution in [-0.2, 0) is 28.6 Å². The van der Waals surface area contributed by atoms with Crippen LogP contribution in [0.15, 0.2) is 48.6 Å². The Morgan fingerprint density at radius 2 is 1.18 bits per heavy atom. The van der Waals surface area contributed by atoms with Crippen LogP contribution in [0, 0.1) is 0 Å². The highest BCUT2D eigenvalue weighted by atomic mass is 16.6. The molecule has 0 aromatic rings. The molecule has 0 fully saturated rings. The molecule has 0 radical (unpaired) electrons. The molecule has 2 atom stereocenters. The minimum Gasteiger partial charge on any atom is -0.544 e. The van der Waals surface area contributed by atoms with Crippen LogP contribution < -0.4 is 5.11 Å². The maximum absolute atomic E-state index is 12.6. The third-order valence-electron chi connectivity index (χ3n) is 7.21. The molecule has 0 aliphatic carbocycles. The van der Waals surface area contributed by atoms with Gasteiger partial charge in [0.05, 0.1) is 40.3 Å². The monoisotopic (exact) mass is 633 g/mol. The van der Waals surface area contributed by atoms with Gasteiger partial charge >= 0.3 is 11.9 Å². The quantitative estimate of drug-likeness (QED) is 0.0387. The second-order valence-electron chi connectivity index (χ2n) is 12.3. The number of carbonyl (C=O) groups is 3. The fourth-order valence-corrected chi connectivity index (χ4v) is 4.55. The minimum atomic E-state index is -1.14. The van der Waals surface area contributed by atoms with Gasteiger partial charge in [-0.3, -0.25) is 9.59 Å². The number of hydrogen-bond acceptors (Lipinski definition) is 7. The second kappa shape index (κ2) is 28.7. The van der Waals surface area contributed by atoms with Gasteiger partial charge in [0.25, 0.3) is 0 Å². The Bertz CT molecular complexity index is 886. The number of unbranched alkanes of at least 4 members (excludes halogenated alkanes) is 7. The Morgan fingerprint density at radius 3 is 1.76 bits per heavy atom. The zero-order valence-corrected chi connectivity index (χ0v) is 29.0. The van der Waals surface area contributed by atoms with E-state index in [4.69, 9.17) is 14.2 Å². The number of aliphatic carboxylic acids is 1. The van der Waals surface area contributed by atoms with Gasteiger partial charge in [-0.25, -0.2) is 0 Å². The lowest BCUT2D eigenvalue weighted by molar-refractivity contribution is -0.889. The summed E-state index contributed by atoms with van der Waals surface area (Å²) in [5.41, 5.74) is 0. The van der Waals surface area contributed by atoms with Gasteiger partial charge in [-0.2, -0.15) is 0 Å². The van der Waals surface area contributed by atoms with Gasteiger partial charge in [-0.05, 0) is 64.2 Å². The first kappa shape index (κ1) is 42.3. The van der Waals surface area contributed by atoms with Crippen molar-refractivity contribution in [3.05, 3.63) is 48.6 Å². The lowest BCUT2D eigenvalue weighted by atomic mass is 10.1. The van der Waals surface area contributed by atoms with E-state index < -0.39 is 18.1 Å². The molecule has 2 unspecified atom stereocenters. The topological polar surface area (TPSA) is 102 Å². The van der Waals surface area contributed by atoms with Gasteiger partial charge in [-0.1, -0.05) is 81.7 Å². The second-order valence-corrected chi connectivity index (χ2v) is 12.3. The molecule has 8 nitrogen and oxygen atoms in total. The molecule has 0 aromatic heterocycles. The summed E-state index contributed by atoms with van der Waals surface area (Å²) in [6.45, 7) is 4.33. The number of nitrogens with zero attached hydrogens (tertiary/aromatic N) is 1. The molecule has 0 aliphatic heterocycles. The maximum atomic E-state index is 12.6. The average Bonchev–Trinajstić information content (AvgIpc) is 2.98. The fourth-order valence-electron chi connectivity index (χ4n) is 4.55. The number of carbonyl (C=O) groups excluding carboxylic acids is 3. The maximum Gasteiger partial charge on any atom is 0.306 e. The summed E-state index contributed by atoms with van der Waals surface area (Å²) < 4.78 is 16.9. The number of likely N-dealkylation sites (N-methyl/N-ethyl adjacent to an activating group) is 1. The van der Waals surface area contributed by atoms with Crippen molar-refractivity contribution in [1.29, 1.82) is 0 Å². The molecule has 0 heterocycles. The lowest BCUT2D eigenvalue weighted by Crippen LogP contribution is -2.55. The Labute approximate surface area is 274 Å². The Balaban J connectivity index is 4.55. The molecule has 258 valence electrons. The van der Waals surface area contributed by atoms with Crippen molar-refractivity contribution >= 4 is 17.9 Å². The Kier molecular flexibility index (Phi) is 27.0. The average molecular weight is 634 g/mol. The predicted octanol–water partition coefficient (Wildman–Crippen LogP) is 6.79. The summed E-state index contributed by atoms with van der Waals surface area (Å²) >= 11 is 0. The van der Waals surface area contributed by atoms with E-state index in [0.717, 1.165) is 83.5 Å². The first-order chi connectivity index (χ1) is 21.6. The zero-order valence-electron chi connectivity index (χ0n) is 29.0. The molecule has 0 rings (SSSR count).